The van der Waals surface area contributed by atoms with Crippen molar-refractivity contribution >= 4 is 5.97 Å². The van der Waals surface area contributed by atoms with Gasteiger partial charge in [0, 0.05) is 20.1 Å². The third kappa shape index (κ3) is 3.19. The highest BCUT2D eigenvalue weighted by atomic mass is 16.5. The first kappa shape index (κ1) is 12.8. The van der Waals surface area contributed by atoms with E-state index < -0.39 is 0 Å². The Hall–Kier alpha value is -0.610. The van der Waals surface area contributed by atoms with E-state index in [-0.39, 0.29) is 24.2 Å². The number of hydrogen-bond acceptors (Lipinski definition) is 4. The van der Waals surface area contributed by atoms with Crippen molar-refractivity contribution in [2.75, 3.05) is 13.7 Å². The van der Waals surface area contributed by atoms with E-state index in [0.29, 0.717) is 5.92 Å². The highest BCUT2D eigenvalue weighted by Crippen LogP contribution is 2.27. The molecule has 1 aliphatic carbocycles. The molecular formula is C13H23NO3. The van der Waals surface area contributed by atoms with Crippen LogP contribution < -0.4 is 5.32 Å². The molecule has 0 aromatic carbocycles. The summed E-state index contributed by atoms with van der Waals surface area (Å²) in [5, 5.41) is 3.16. The van der Waals surface area contributed by atoms with Crippen molar-refractivity contribution in [3.63, 3.8) is 0 Å². The Morgan fingerprint density at radius 1 is 1.29 bits per heavy atom. The monoisotopic (exact) mass is 241 g/mol. The van der Waals surface area contributed by atoms with Crippen molar-refractivity contribution in [3.8, 4) is 0 Å². The minimum absolute atomic E-state index is 0.0942. The number of nitrogens with one attached hydrogen (secondary N) is 1. The van der Waals surface area contributed by atoms with Gasteiger partial charge in [-0.15, -0.1) is 0 Å². The molecule has 0 spiro atoms. The number of carbonyl (C=O) groups excluding carboxylic acids is 1. The number of ether oxygens (including phenoxy) is 2. The van der Waals surface area contributed by atoms with Crippen LogP contribution in [0.3, 0.4) is 0 Å². The topological polar surface area (TPSA) is 47.6 Å². The summed E-state index contributed by atoms with van der Waals surface area (Å²) < 4.78 is 10.9. The number of hydrogen-bond donors (Lipinski definition) is 1. The van der Waals surface area contributed by atoms with Gasteiger partial charge in [0.1, 0.15) is 12.1 Å². The first-order valence-electron chi connectivity index (χ1n) is 6.67. The van der Waals surface area contributed by atoms with Gasteiger partial charge in [-0.2, -0.15) is 0 Å². The van der Waals surface area contributed by atoms with Crippen LogP contribution in [0.25, 0.3) is 0 Å². The van der Waals surface area contributed by atoms with Crippen LogP contribution in [0, 0.1) is 5.92 Å². The largest absolute Gasteiger partial charge is 0.461 e. The molecule has 4 atom stereocenters. The Morgan fingerprint density at radius 3 is 2.71 bits per heavy atom. The van der Waals surface area contributed by atoms with E-state index in [1.54, 1.807) is 7.11 Å². The number of rotatable bonds is 3. The summed E-state index contributed by atoms with van der Waals surface area (Å²) in [5.41, 5.74) is 0. The van der Waals surface area contributed by atoms with Crippen LogP contribution in [0.15, 0.2) is 0 Å². The summed E-state index contributed by atoms with van der Waals surface area (Å²) >= 11 is 0. The summed E-state index contributed by atoms with van der Waals surface area (Å²) in [7, 11) is 1.68. The third-order valence-electron chi connectivity index (χ3n) is 4.01. The van der Waals surface area contributed by atoms with Crippen molar-refractivity contribution in [1.29, 1.82) is 0 Å². The highest BCUT2D eigenvalue weighted by Gasteiger charge is 2.33. The van der Waals surface area contributed by atoms with Gasteiger partial charge < -0.3 is 14.8 Å². The van der Waals surface area contributed by atoms with Crippen LogP contribution in [0.2, 0.25) is 0 Å². The van der Waals surface area contributed by atoms with Crippen molar-refractivity contribution < 1.29 is 14.3 Å². The Morgan fingerprint density at radius 2 is 2.06 bits per heavy atom. The molecule has 4 nitrogen and oxygen atoms in total. The Bertz CT molecular complexity index is 269. The molecule has 1 aliphatic heterocycles. The summed E-state index contributed by atoms with van der Waals surface area (Å²) in [6, 6.07) is -0.172. The number of carbonyl (C=O) groups is 1. The molecule has 0 bridgehead atoms. The second-order valence-electron chi connectivity index (χ2n) is 5.29. The van der Waals surface area contributed by atoms with Crippen LogP contribution in [0.5, 0.6) is 0 Å². The van der Waals surface area contributed by atoms with E-state index in [0.717, 1.165) is 19.4 Å². The molecule has 0 aromatic heterocycles. The van der Waals surface area contributed by atoms with E-state index >= 15 is 0 Å². The zero-order chi connectivity index (χ0) is 12.3. The summed E-state index contributed by atoms with van der Waals surface area (Å²) in [5.74, 6) is 0.413. The highest BCUT2D eigenvalue weighted by molar-refractivity contribution is 5.76. The van der Waals surface area contributed by atoms with E-state index in [9.17, 15) is 4.79 Å². The molecule has 98 valence electrons. The molecule has 0 radical (unpaired) electrons. The van der Waals surface area contributed by atoms with Crippen LogP contribution in [0.4, 0.5) is 0 Å². The quantitative estimate of drug-likeness (QED) is 0.760. The first-order valence-corrected chi connectivity index (χ1v) is 6.67. The van der Waals surface area contributed by atoms with Gasteiger partial charge in [0.25, 0.3) is 0 Å². The molecule has 2 aliphatic rings. The van der Waals surface area contributed by atoms with E-state index in [1.807, 2.05) is 0 Å². The van der Waals surface area contributed by atoms with Crippen molar-refractivity contribution in [2.45, 2.75) is 57.3 Å². The maximum absolute atomic E-state index is 12.0. The number of methoxy groups -OCH3 is 1. The first-order chi connectivity index (χ1) is 8.20. The lowest BCUT2D eigenvalue weighted by Crippen LogP contribution is -2.37. The van der Waals surface area contributed by atoms with Crippen molar-refractivity contribution in [2.24, 2.45) is 5.92 Å². The second-order valence-corrected chi connectivity index (χ2v) is 5.29. The SMILES string of the molecule is COC1CNC(C(=O)OC2CCCCC2C)C1. The van der Waals surface area contributed by atoms with E-state index in [4.69, 9.17) is 9.47 Å². The van der Waals surface area contributed by atoms with E-state index in [1.165, 1.54) is 19.3 Å². The van der Waals surface area contributed by atoms with Crippen LogP contribution in [-0.4, -0.2) is 37.9 Å². The average Bonchev–Trinajstić information content (AvgIpc) is 2.81. The molecule has 4 heteroatoms. The maximum Gasteiger partial charge on any atom is 0.323 e. The third-order valence-corrected chi connectivity index (χ3v) is 4.01. The lowest BCUT2D eigenvalue weighted by atomic mass is 9.88. The Balaban J connectivity index is 1.80. The smallest absolute Gasteiger partial charge is 0.323 e. The van der Waals surface area contributed by atoms with Gasteiger partial charge >= 0.3 is 5.97 Å². The van der Waals surface area contributed by atoms with Gasteiger partial charge in [0.2, 0.25) is 0 Å². The molecule has 1 saturated carbocycles. The zero-order valence-electron chi connectivity index (χ0n) is 10.8. The second kappa shape index (κ2) is 5.83. The maximum atomic E-state index is 12.0. The minimum atomic E-state index is -0.172. The van der Waals surface area contributed by atoms with E-state index in [2.05, 4.69) is 12.2 Å². The Kier molecular flexibility index (Phi) is 4.40. The standard InChI is InChI=1S/C13H23NO3/c1-9-5-3-4-6-12(9)17-13(15)11-7-10(16-2)8-14-11/h9-12,14H,3-8H2,1-2H3. The molecule has 0 amide bonds. The molecular weight excluding hydrogens is 218 g/mol. The fourth-order valence-corrected chi connectivity index (χ4v) is 2.75. The zero-order valence-corrected chi connectivity index (χ0v) is 10.8. The average molecular weight is 241 g/mol. The summed E-state index contributed by atoms with van der Waals surface area (Å²) in [6.07, 6.45) is 5.65. The van der Waals surface area contributed by atoms with Gasteiger partial charge in [0.15, 0.2) is 0 Å². The fourth-order valence-electron chi connectivity index (χ4n) is 2.75. The van der Waals surface area contributed by atoms with Crippen LogP contribution in [0.1, 0.15) is 39.0 Å². The predicted molar refractivity (Wildman–Crippen MR) is 64.7 cm³/mol. The molecule has 1 N–H and O–H groups in total. The van der Waals surface area contributed by atoms with Gasteiger partial charge in [-0.1, -0.05) is 13.3 Å². The Labute approximate surface area is 103 Å². The molecule has 1 saturated heterocycles. The minimum Gasteiger partial charge on any atom is -0.461 e. The molecule has 4 unspecified atom stereocenters. The van der Waals surface area contributed by atoms with Gasteiger partial charge in [-0.3, -0.25) is 4.79 Å². The normalized spacial score (nSPS) is 38.0. The molecule has 17 heavy (non-hydrogen) atoms. The van der Waals surface area contributed by atoms with Crippen molar-refractivity contribution in [3.05, 3.63) is 0 Å². The number of esters is 1. The molecule has 0 aromatic rings. The van der Waals surface area contributed by atoms with Gasteiger partial charge in [-0.05, 0) is 25.2 Å². The molecule has 2 fully saturated rings. The molecule has 1 heterocycles. The van der Waals surface area contributed by atoms with Gasteiger partial charge in [0.05, 0.1) is 6.10 Å². The molecule has 2 rings (SSSR count). The summed E-state index contributed by atoms with van der Waals surface area (Å²) in [4.78, 5) is 12.0. The fraction of sp³-hybridized carbons (Fsp3) is 0.923. The predicted octanol–water partition coefficient (Wildman–Crippen LogP) is 1.49. The summed E-state index contributed by atoms with van der Waals surface area (Å²) in [6.45, 7) is 2.92. The van der Waals surface area contributed by atoms with Crippen LogP contribution >= 0.6 is 0 Å². The lowest BCUT2D eigenvalue weighted by molar-refractivity contribution is -0.155. The van der Waals surface area contributed by atoms with Crippen molar-refractivity contribution in [1.82, 2.24) is 5.32 Å². The van der Waals surface area contributed by atoms with Gasteiger partial charge in [-0.25, -0.2) is 0 Å². The van der Waals surface area contributed by atoms with Crippen LogP contribution in [-0.2, 0) is 14.3 Å². The lowest BCUT2D eigenvalue weighted by Gasteiger charge is -2.29.